The predicted molar refractivity (Wildman–Crippen MR) is 93.8 cm³/mol. The molecule has 0 radical (unpaired) electrons. The van der Waals surface area contributed by atoms with Crippen molar-refractivity contribution in [3.8, 4) is 11.5 Å². The van der Waals surface area contributed by atoms with E-state index in [0.29, 0.717) is 23.7 Å². The second-order valence-electron chi connectivity index (χ2n) is 6.08. The van der Waals surface area contributed by atoms with Gasteiger partial charge in [0.15, 0.2) is 0 Å². The molecule has 1 amide bonds. The Morgan fingerprint density at radius 2 is 1.83 bits per heavy atom. The van der Waals surface area contributed by atoms with Gasteiger partial charge in [-0.2, -0.15) is 0 Å². The van der Waals surface area contributed by atoms with Gasteiger partial charge in [-0.25, -0.2) is 0 Å². The van der Waals surface area contributed by atoms with E-state index in [9.17, 15) is 9.90 Å². The van der Waals surface area contributed by atoms with Crippen molar-refractivity contribution in [2.24, 2.45) is 0 Å². The van der Waals surface area contributed by atoms with Crippen LogP contribution in [0.1, 0.15) is 28.8 Å². The van der Waals surface area contributed by atoms with Gasteiger partial charge >= 0.3 is 0 Å². The second kappa shape index (κ2) is 7.14. The Kier molecular flexibility index (Phi) is 4.95. The van der Waals surface area contributed by atoms with Gasteiger partial charge in [0.2, 0.25) is 0 Å². The average molecular weight is 346 g/mol. The molecule has 1 aliphatic heterocycles. The van der Waals surface area contributed by atoms with Crippen molar-refractivity contribution in [2.45, 2.75) is 25.9 Å². The Morgan fingerprint density at radius 1 is 1.17 bits per heavy atom. The van der Waals surface area contributed by atoms with E-state index in [0.717, 1.165) is 24.2 Å². The van der Waals surface area contributed by atoms with Crippen LogP contribution in [0.3, 0.4) is 0 Å². The highest BCUT2D eigenvalue weighted by atomic mass is 35.5. The van der Waals surface area contributed by atoms with Crippen LogP contribution in [0.4, 0.5) is 0 Å². The number of aromatic hydroxyl groups is 1. The monoisotopic (exact) mass is 345 g/mol. The fraction of sp³-hybridized carbons (Fsp3) is 0.316. The number of likely N-dealkylation sites (tertiary alicyclic amines) is 1. The molecule has 0 unspecified atom stereocenters. The largest absolute Gasteiger partial charge is 0.507 e. The summed E-state index contributed by atoms with van der Waals surface area (Å²) in [6, 6.07) is 12.4. The number of nitrogens with zero attached hydrogens (tertiary/aromatic N) is 1. The summed E-state index contributed by atoms with van der Waals surface area (Å²) in [5.74, 6) is 0.701. The Labute approximate surface area is 146 Å². The lowest BCUT2D eigenvalue weighted by Gasteiger charge is -2.32. The minimum atomic E-state index is -0.124. The van der Waals surface area contributed by atoms with Crippen molar-refractivity contribution in [3.05, 3.63) is 58.6 Å². The zero-order chi connectivity index (χ0) is 17.1. The first-order valence-electron chi connectivity index (χ1n) is 8.04. The maximum Gasteiger partial charge on any atom is 0.257 e. The van der Waals surface area contributed by atoms with E-state index in [1.165, 1.54) is 0 Å². The number of rotatable bonds is 3. The summed E-state index contributed by atoms with van der Waals surface area (Å²) >= 11 is 5.87. The van der Waals surface area contributed by atoms with E-state index in [2.05, 4.69) is 0 Å². The van der Waals surface area contributed by atoms with Crippen LogP contribution in [0.15, 0.2) is 42.5 Å². The number of hydrogen-bond donors (Lipinski definition) is 1. The van der Waals surface area contributed by atoms with Crippen molar-refractivity contribution in [2.75, 3.05) is 13.1 Å². The van der Waals surface area contributed by atoms with Crippen LogP contribution < -0.4 is 4.74 Å². The number of carbonyl (C=O) groups is 1. The highest BCUT2D eigenvalue weighted by molar-refractivity contribution is 6.30. The molecule has 24 heavy (non-hydrogen) atoms. The molecule has 1 aliphatic rings. The van der Waals surface area contributed by atoms with Gasteiger partial charge in [-0.15, -0.1) is 0 Å². The molecule has 126 valence electrons. The number of ether oxygens (including phenoxy) is 1. The average Bonchev–Trinajstić information content (AvgIpc) is 2.59. The number of phenolic OH excluding ortho intramolecular Hbond substituents is 1. The van der Waals surface area contributed by atoms with Gasteiger partial charge in [0.1, 0.15) is 17.6 Å². The van der Waals surface area contributed by atoms with Gasteiger partial charge in [-0.05, 0) is 43.3 Å². The summed E-state index contributed by atoms with van der Waals surface area (Å²) in [4.78, 5) is 14.4. The normalized spacial score (nSPS) is 15.3. The van der Waals surface area contributed by atoms with E-state index >= 15 is 0 Å². The van der Waals surface area contributed by atoms with Gasteiger partial charge in [0, 0.05) is 31.0 Å². The molecule has 0 aromatic heterocycles. The number of carbonyl (C=O) groups excluding carboxylic acids is 1. The van der Waals surface area contributed by atoms with E-state index in [1.54, 1.807) is 35.2 Å². The number of piperidine rings is 1. The molecular weight excluding hydrogens is 326 g/mol. The van der Waals surface area contributed by atoms with Crippen molar-refractivity contribution in [1.82, 2.24) is 4.90 Å². The van der Waals surface area contributed by atoms with Crippen LogP contribution in [-0.4, -0.2) is 35.1 Å². The molecule has 1 saturated heterocycles. The molecular formula is C19H20ClNO3. The lowest BCUT2D eigenvalue weighted by Crippen LogP contribution is -2.41. The molecule has 0 atom stereocenters. The SMILES string of the molecule is Cc1ccc(O)c(C(=O)N2CCC(Oc3ccc(Cl)cc3)CC2)c1. The molecule has 2 aromatic rings. The predicted octanol–water partition coefficient (Wildman–Crippen LogP) is 4.04. The van der Waals surface area contributed by atoms with E-state index in [1.807, 2.05) is 19.1 Å². The zero-order valence-electron chi connectivity index (χ0n) is 13.5. The van der Waals surface area contributed by atoms with E-state index < -0.39 is 0 Å². The van der Waals surface area contributed by atoms with Crippen LogP contribution in [0.5, 0.6) is 11.5 Å². The lowest BCUT2D eigenvalue weighted by atomic mass is 10.0. The number of halogens is 1. The maximum atomic E-state index is 12.6. The number of hydrogen-bond acceptors (Lipinski definition) is 3. The molecule has 4 nitrogen and oxygen atoms in total. The molecule has 1 fully saturated rings. The first kappa shape index (κ1) is 16.7. The van der Waals surface area contributed by atoms with Gasteiger partial charge in [-0.3, -0.25) is 4.79 Å². The molecule has 5 heteroatoms. The third-order valence-electron chi connectivity index (χ3n) is 4.23. The standard InChI is InChI=1S/C19H20ClNO3/c1-13-2-7-18(22)17(12-13)19(23)21-10-8-16(9-11-21)24-15-5-3-14(20)4-6-15/h2-7,12,16,22H,8-11H2,1H3. The van der Waals surface area contributed by atoms with Gasteiger partial charge in [0.05, 0.1) is 5.56 Å². The Balaban J connectivity index is 1.59. The highest BCUT2D eigenvalue weighted by Gasteiger charge is 2.26. The summed E-state index contributed by atoms with van der Waals surface area (Å²) in [6.07, 6.45) is 1.61. The quantitative estimate of drug-likeness (QED) is 0.913. The number of benzene rings is 2. The van der Waals surface area contributed by atoms with Gasteiger partial charge < -0.3 is 14.7 Å². The summed E-state index contributed by atoms with van der Waals surface area (Å²) in [6.45, 7) is 3.14. The Bertz CT molecular complexity index is 722. The highest BCUT2D eigenvalue weighted by Crippen LogP contribution is 2.24. The van der Waals surface area contributed by atoms with Crippen LogP contribution in [-0.2, 0) is 0 Å². The van der Waals surface area contributed by atoms with Crippen LogP contribution in [0, 0.1) is 6.92 Å². The minimum Gasteiger partial charge on any atom is -0.507 e. The fourth-order valence-corrected chi connectivity index (χ4v) is 3.00. The van der Waals surface area contributed by atoms with E-state index in [4.69, 9.17) is 16.3 Å². The van der Waals surface area contributed by atoms with E-state index in [-0.39, 0.29) is 17.8 Å². The molecule has 3 rings (SSSR count). The smallest absolute Gasteiger partial charge is 0.257 e. The number of amides is 1. The molecule has 0 aliphatic carbocycles. The minimum absolute atomic E-state index is 0.0325. The molecule has 0 bridgehead atoms. The van der Waals surface area contributed by atoms with Crippen molar-refractivity contribution >= 4 is 17.5 Å². The van der Waals surface area contributed by atoms with Gasteiger partial charge in [-0.1, -0.05) is 23.2 Å². The Morgan fingerprint density at radius 3 is 2.50 bits per heavy atom. The topological polar surface area (TPSA) is 49.8 Å². The summed E-state index contributed by atoms with van der Waals surface area (Å²) in [5, 5.41) is 10.6. The van der Waals surface area contributed by atoms with Crippen molar-refractivity contribution < 1.29 is 14.6 Å². The van der Waals surface area contributed by atoms with Crippen molar-refractivity contribution in [3.63, 3.8) is 0 Å². The zero-order valence-corrected chi connectivity index (χ0v) is 14.3. The number of phenols is 1. The summed E-state index contributed by atoms with van der Waals surface area (Å²) in [5.41, 5.74) is 1.32. The van der Waals surface area contributed by atoms with Gasteiger partial charge in [0.25, 0.3) is 5.91 Å². The third kappa shape index (κ3) is 3.82. The molecule has 1 N–H and O–H groups in total. The van der Waals surface area contributed by atoms with Crippen LogP contribution >= 0.6 is 11.6 Å². The molecule has 0 spiro atoms. The van der Waals surface area contributed by atoms with Crippen LogP contribution in [0.25, 0.3) is 0 Å². The molecule has 2 aromatic carbocycles. The first-order chi connectivity index (χ1) is 11.5. The first-order valence-corrected chi connectivity index (χ1v) is 8.42. The fourth-order valence-electron chi connectivity index (χ4n) is 2.87. The summed E-state index contributed by atoms with van der Waals surface area (Å²) < 4.78 is 5.94. The third-order valence-corrected chi connectivity index (χ3v) is 4.48. The lowest BCUT2D eigenvalue weighted by molar-refractivity contribution is 0.0593. The maximum absolute atomic E-state index is 12.6. The second-order valence-corrected chi connectivity index (χ2v) is 6.52. The van der Waals surface area contributed by atoms with Crippen LogP contribution in [0.2, 0.25) is 5.02 Å². The van der Waals surface area contributed by atoms with Crippen molar-refractivity contribution in [1.29, 1.82) is 0 Å². The Hall–Kier alpha value is -2.20. The molecule has 0 saturated carbocycles. The number of aryl methyl sites for hydroxylation is 1. The summed E-state index contributed by atoms with van der Waals surface area (Å²) in [7, 11) is 0. The molecule has 1 heterocycles.